The van der Waals surface area contributed by atoms with E-state index in [0.29, 0.717) is 16.2 Å². The second-order valence-electron chi connectivity index (χ2n) is 5.64. The number of hydrogen-bond acceptors (Lipinski definition) is 5. The van der Waals surface area contributed by atoms with Gasteiger partial charge in [0, 0.05) is 28.9 Å². The molecule has 2 N–H and O–H groups in total. The second kappa shape index (κ2) is 8.54. The standard InChI is InChI=1S/C17H20N2O6S/c1-11(2)15(20)18-14-7-5-13(6-8-14)17(22)19(16(21)12(3)4)9-10-26(23,24)25/h5-8H,1,3,9-10H2,2,4H3,(H,18,20)(H,23,24,25). The van der Waals surface area contributed by atoms with Crippen molar-refractivity contribution in [3.8, 4) is 0 Å². The zero-order chi connectivity index (χ0) is 20.1. The average Bonchev–Trinajstić information content (AvgIpc) is 2.53. The topological polar surface area (TPSA) is 121 Å². The summed E-state index contributed by atoms with van der Waals surface area (Å²) >= 11 is 0. The van der Waals surface area contributed by atoms with Crippen LogP contribution in [0.4, 0.5) is 5.69 Å². The molecule has 1 rings (SSSR count). The Balaban J connectivity index is 3.03. The summed E-state index contributed by atoms with van der Waals surface area (Å²) in [6.07, 6.45) is 0. The molecule has 9 heteroatoms. The van der Waals surface area contributed by atoms with Gasteiger partial charge in [0.25, 0.3) is 27.8 Å². The number of carbonyl (C=O) groups excluding carboxylic acids is 3. The number of rotatable bonds is 7. The van der Waals surface area contributed by atoms with Gasteiger partial charge in [-0.15, -0.1) is 0 Å². The van der Waals surface area contributed by atoms with Gasteiger partial charge in [0.15, 0.2) is 0 Å². The van der Waals surface area contributed by atoms with Gasteiger partial charge in [-0.05, 0) is 38.1 Å². The minimum absolute atomic E-state index is 0.0408. The molecule has 0 bridgehead atoms. The number of nitrogens with zero attached hydrogens (tertiary/aromatic N) is 1. The van der Waals surface area contributed by atoms with Crippen molar-refractivity contribution in [1.29, 1.82) is 0 Å². The van der Waals surface area contributed by atoms with E-state index in [1.54, 1.807) is 6.92 Å². The van der Waals surface area contributed by atoms with Gasteiger partial charge in [-0.25, -0.2) is 0 Å². The Hall–Kier alpha value is -2.78. The third-order valence-corrected chi connectivity index (χ3v) is 3.90. The van der Waals surface area contributed by atoms with Crippen molar-refractivity contribution in [3.05, 3.63) is 54.1 Å². The van der Waals surface area contributed by atoms with Gasteiger partial charge < -0.3 is 5.32 Å². The number of carbonyl (C=O) groups is 3. The Bertz CT molecular complexity index is 856. The van der Waals surface area contributed by atoms with Gasteiger partial charge >= 0.3 is 0 Å². The highest BCUT2D eigenvalue weighted by atomic mass is 32.2. The van der Waals surface area contributed by atoms with Gasteiger partial charge in [0.1, 0.15) is 0 Å². The van der Waals surface area contributed by atoms with Crippen LogP contribution in [0.25, 0.3) is 0 Å². The van der Waals surface area contributed by atoms with Gasteiger partial charge in [-0.2, -0.15) is 8.42 Å². The fourth-order valence-electron chi connectivity index (χ4n) is 1.82. The number of imide groups is 1. The van der Waals surface area contributed by atoms with Crippen LogP contribution in [0.3, 0.4) is 0 Å². The van der Waals surface area contributed by atoms with E-state index < -0.39 is 34.2 Å². The van der Waals surface area contributed by atoms with E-state index in [-0.39, 0.29) is 17.0 Å². The molecule has 0 aliphatic carbocycles. The minimum Gasteiger partial charge on any atom is -0.322 e. The lowest BCUT2D eigenvalue weighted by Crippen LogP contribution is -2.40. The van der Waals surface area contributed by atoms with Crippen molar-refractivity contribution in [1.82, 2.24) is 4.90 Å². The predicted octanol–water partition coefficient (Wildman–Crippen LogP) is 1.63. The second-order valence-corrected chi connectivity index (χ2v) is 7.21. The maximum atomic E-state index is 12.5. The molecule has 1 aromatic carbocycles. The Kier molecular flexibility index (Phi) is 6.99. The first-order chi connectivity index (χ1) is 11.9. The van der Waals surface area contributed by atoms with Crippen LogP contribution in [0.5, 0.6) is 0 Å². The highest BCUT2D eigenvalue weighted by molar-refractivity contribution is 7.85. The Morgan fingerprint density at radius 3 is 2.04 bits per heavy atom. The lowest BCUT2D eigenvalue weighted by Gasteiger charge is -2.20. The molecule has 0 fully saturated rings. The van der Waals surface area contributed by atoms with Crippen molar-refractivity contribution in [3.63, 3.8) is 0 Å². The summed E-state index contributed by atoms with van der Waals surface area (Å²) in [6, 6.07) is 5.67. The van der Waals surface area contributed by atoms with E-state index in [1.165, 1.54) is 31.2 Å². The SMILES string of the molecule is C=C(C)C(=O)Nc1ccc(C(=O)N(CCS(=O)(=O)O)C(=O)C(=C)C)cc1. The van der Waals surface area contributed by atoms with Gasteiger partial charge in [0.2, 0.25) is 0 Å². The Morgan fingerprint density at radius 2 is 1.62 bits per heavy atom. The highest BCUT2D eigenvalue weighted by Crippen LogP contribution is 2.14. The van der Waals surface area contributed by atoms with Crippen LogP contribution >= 0.6 is 0 Å². The molecule has 0 heterocycles. The van der Waals surface area contributed by atoms with Crippen molar-refractivity contribution < 1.29 is 27.4 Å². The van der Waals surface area contributed by atoms with E-state index in [2.05, 4.69) is 18.5 Å². The maximum Gasteiger partial charge on any atom is 0.266 e. The van der Waals surface area contributed by atoms with Crippen molar-refractivity contribution >= 4 is 33.5 Å². The molecule has 0 radical (unpaired) electrons. The number of amides is 3. The van der Waals surface area contributed by atoms with E-state index in [0.717, 1.165) is 0 Å². The quantitative estimate of drug-likeness (QED) is 0.548. The molecule has 0 aromatic heterocycles. The fraction of sp³-hybridized carbons (Fsp3) is 0.235. The molecule has 3 amide bonds. The molecule has 0 saturated carbocycles. The molecule has 0 spiro atoms. The van der Waals surface area contributed by atoms with Crippen LogP contribution in [-0.2, 0) is 19.7 Å². The number of nitrogens with one attached hydrogen (secondary N) is 1. The van der Waals surface area contributed by atoms with Crippen LogP contribution in [0.2, 0.25) is 0 Å². The summed E-state index contributed by atoms with van der Waals surface area (Å²) in [7, 11) is -4.35. The molecule has 0 unspecified atom stereocenters. The zero-order valence-corrected chi connectivity index (χ0v) is 15.3. The number of benzene rings is 1. The lowest BCUT2D eigenvalue weighted by atomic mass is 10.1. The smallest absolute Gasteiger partial charge is 0.266 e. The van der Waals surface area contributed by atoms with Crippen LogP contribution in [0.1, 0.15) is 24.2 Å². The fourth-order valence-corrected chi connectivity index (χ4v) is 2.24. The van der Waals surface area contributed by atoms with Crippen LogP contribution in [0.15, 0.2) is 48.6 Å². The normalized spacial score (nSPS) is 10.7. The molecule has 26 heavy (non-hydrogen) atoms. The third kappa shape index (κ3) is 6.26. The van der Waals surface area contributed by atoms with E-state index in [9.17, 15) is 22.8 Å². The Morgan fingerprint density at radius 1 is 1.08 bits per heavy atom. The van der Waals surface area contributed by atoms with E-state index in [1.807, 2.05) is 0 Å². The molecule has 8 nitrogen and oxygen atoms in total. The summed E-state index contributed by atoms with van der Waals surface area (Å²) in [4.78, 5) is 36.9. The van der Waals surface area contributed by atoms with E-state index >= 15 is 0 Å². The summed E-state index contributed by atoms with van der Waals surface area (Å²) in [5.41, 5.74) is 0.876. The summed E-state index contributed by atoms with van der Waals surface area (Å²) in [5.74, 6) is -2.67. The maximum absolute atomic E-state index is 12.5. The molecule has 0 atom stereocenters. The summed E-state index contributed by atoms with van der Waals surface area (Å²) < 4.78 is 30.7. The minimum atomic E-state index is -4.35. The van der Waals surface area contributed by atoms with Gasteiger partial charge in [-0.1, -0.05) is 13.2 Å². The molecular weight excluding hydrogens is 360 g/mol. The monoisotopic (exact) mass is 380 g/mol. The molecular formula is C17H20N2O6S. The third-order valence-electron chi connectivity index (χ3n) is 3.21. The van der Waals surface area contributed by atoms with Crippen molar-refractivity contribution in [2.24, 2.45) is 0 Å². The first-order valence-corrected chi connectivity index (χ1v) is 9.07. The average molecular weight is 380 g/mol. The lowest BCUT2D eigenvalue weighted by molar-refractivity contribution is -0.124. The van der Waals surface area contributed by atoms with Gasteiger partial charge in [0.05, 0.1) is 5.75 Å². The summed E-state index contributed by atoms with van der Waals surface area (Å²) in [5, 5.41) is 2.57. The molecule has 0 aliphatic heterocycles. The highest BCUT2D eigenvalue weighted by Gasteiger charge is 2.25. The van der Waals surface area contributed by atoms with E-state index in [4.69, 9.17) is 4.55 Å². The van der Waals surface area contributed by atoms with Crippen LogP contribution in [-0.4, -0.2) is 47.9 Å². The summed E-state index contributed by atoms with van der Waals surface area (Å²) in [6.45, 7) is 9.37. The van der Waals surface area contributed by atoms with Crippen LogP contribution in [0, 0.1) is 0 Å². The van der Waals surface area contributed by atoms with Crippen molar-refractivity contribution in [2.75, 3.05) is 17.6 Å². The first-order valence-electron chi connectivity index (χ1n) is 7.46. The van der Waals surface area contributed by atoms with Gasteiger partial charge in [-0.3, -0.25) is 23.8 Å². The largest absolute Gasteiger partial charge is 0.322 e. The number of hydrogen-bond donors (Lipinski definition) is 2. The first kappa shape index (κ1) is 21.3. The van der Waals surface area contributed by atoms with Crippen molar-refractivity contribution in [2.45, 2.75) is 13.8 Å². The molecule has 0 aliphatic rings. The molecule has 1 aromatic rings. The number of anilines is 1. The predicted molar refractivity (Wildman–Crippen MR) is 97.2 cm³/mol. The zero-order valence-electron chi connectivity index (χ0n) is 14.5. The molecule has 0 saturated heterocycles. The van der Waals surface area contributed by atoms with Crippen LogP contribution < -0.4 is 5.32 Å². The molecule has 140 valence electrons. The Labute approximate surface area is 151 Å².